The van der Waals surface area contributed by atoms with Gasteiger partial charge in [-0.05, 0) is 28.8 Å². The predicted octanol–water partition coefficient (Wildman–Crippen LogP) is 3.91. The van der Waals surface area contributed by atoms with E-state index < -0.39 is 58.8 Å². The maximum absolute atomic E-state index is 13.4. The zero-order valence-electron chi connectivity index (χ0n) is 24.6. The average molecular weight is 591 g/mol. The Labute approximate surface area is 237 Å². The Morgan fingerprint density at radius 1 is 1.00 bits per heavy atom. The number of aliphatic hydroxyl groups excluding tert-OH is 1. The summed E-state index contributed by atoms with van der Waals surface area (Å²) in [5.41, 5.74) is -0.637. The number of hydrogen-bond donors (Lipinski definition) is 1. The Hall–Kier alpha value is -2.20. The van der Waals surface area contributed by atoms with E-state index in [2.05, 4.69) is 41.5 Å². The Morgan fingerprint density at radius 2 is 1.60 bits per heavy atom. The molecule has 2 aromatic rings. The van der Waals surface area contributed by atoms with Crippen molar-refractivity contribution < 1.29 is 27.6 Å². The summed E-state index contributed by atoms with van der Waals surface area (Å²) in [5.74, 6) is -0.758. The molecule has 1 unspecified atom stereocenters. The van der Waals surface area contributed by atoms with Gasteiger partial charge in [0.15, 0.2) is 14.5 Å². The van der Waals surface area contributed by atoms with Crippen LogP contribution in [0.25, 0.3) is 0 Å². The normalized spacial score (nSPS) is 27.1. The third kappa shape index (κ3) is 5.15. The molecule has 1 aromatic heterocycles. The van der Waals surface area contributed by atoms with Gasteiger partial charge in [0.2, 0.25) is 0 Å². The lowest BCUT2D eigenvalue weighted by molar-refractivity contribution is -0.0905. The predicted molar refractivity (Wildman–Crippen MR) is 155 cm³/mol. The van der Waals surface area contributed by atoms with Crippen molar-refractivity contribution in [2.24, 2.45) is 0 Å². The quantitative estimate of drug-likeness (QED) is 0.460. The molecule has 0 amide bonds. The number of aromatic nitrogens is 2. The van der Waals surface area contributed by atoms with Crippen LogP contribution >= 0.6 is 0 Å². The van der Waals surface area contributed by atoms with E-state index in [1.54, 1.807) is 18.2 Å². The highest BCUT2D eigenvalue weighted by atomic mass is 28.5. The first kappa shape index (κ1) is 30.8. The zero-order chi connectivity index (χ0) is 29.6. The monoisotopic (exact) mass is 590 g/mol. The molecule has 2 aliphatic rings. The van der Waals surface area contributed by atoms with Gasteiger partial charge < -0.3 is 22.8 Å². The molecular weight excluding hydrogens is 548 g/mol. The van der Waals surface area contributed by atoms with Crippen molar-refractivity contribution in [1.82, 2.24) is 9.13 Å². The summed E-state index contributed by atoms with van der Waals surface area (Å²) in [6.07, 6.45) is -2.66. The summed E-state index contributed by atoms with van der Waals surface area (Å²) >= 11 is 0. The number of ether oxygens (including phenoxy) is 1. The van der Waals surface area contributed by atoms with Crippen LogP contribution in [0.4, 0.5) is 0 Å². The standard InChI is InChI=1S/C28H42N2O8Si2/c1-17(2)39(18(3)4,19(5)6)38-40(20(7)8)35-16-22-25(37-40)24(32)27(36-22)29-15-14-23(31)30(28(29)34)26(33)21-12-10-9-11-13-21/h9-15,17-20,22,24-25,27,32H,16H2,1-8H3/t22-,24-,25-,27-,40?/m1/s1. The molecule has 0 saturated carbocycles. The third-order valence-corrected chi connectivity index (χ3v) is 18.9. The number of hydrogen-bond acceptors (Lipinski definition) is 8. The second-order valence-electron chi connectivity index (χ2n) is 12.0. The molecule has 2 aliphatic heterocycles. The highest BCUT2D eigenvalue weighted by Gasteiger charge is 2.62. The number of carbonyl (C=O) groups is 1. The van der Waals surface area contributed by atoms with Crippen LogP contribution in [0.3, 0.4) is 0 Å². The largest absolute Gasteiger partial charge is 0.493 e. The molecule has 10 nitrogen and oxygen atoms in total. The van der Waals surface area contributed by atoms with Gasteiger partial charge in [0, 0.05) is 23.4 Å². The van der Waals surface area contributed by atoms with E-state index in [0.717, 1.165) is 10.6 Å². The lowest BCUT2D eigenvalue weighted by Gasteiger charge is -2.51. The van der Waals surface area contributed by atoms with Gasteiger partial charge in [-0.15, -0.1) is 0 Å². The van der Waals surface area contributed by atoms with Crippen molar-refractivity contribution >= 4 is 23.0 Å². The van der Waals surface area contributed by atoms with E-state index in [-0.39, 0.29) is 17.7 Å². The average Bonchev–Trinajstić information content (AvgIpc) is 3.22. The Morgan fingerprint density at radius 3 is 2.15 bits per heavy atom. The molecule has 1 N–H and O–H groups in total. The molecule has 3 heterocycles. The second kappa shape index (κ2) is 11.6. The minimum absolute atomic E-state index is 0.0732. The van der Waals surface area contributed by atoms with Gasteiger partial charge in [0.25, 0.3) is 11.5 Å². The fraction of sp³-hybridized carbons (Fsp3) is 0.607. The van der Waals surface area contributed by atoms with E-state index in [1.165, 1.54) is 18.3 Å². The van der Waals surface area contributed by atoms with E-state index >= 15 is 0 Å². The number of carbonyl (C=O) groups excluding carboxylic acids is 1. The second-order valence-corrected chi connectivity index (χ2v) is 20.9. The van der Waals surface area contributed by atoms with Crippen LogP contribution in [0.1, 0.15) is 72.0 Å². The summed E-state index contributed by atoms with van der Waals surface area (Å²) in [6, 6.07) is 9.19. The van der Waals surface area contributed by atoms with E-state index in [1.807, 2.05) is 13.8 Å². The Balaban J connectivity index is 1.68. The van der Waals surface area contributed by atoms with E-state index in [0.29, 0.717) is 21.2 Å². The van der Waals surface area contributed by atoms with E-state index in [4.69, 9.17) is 17.7 Å². The summed E-state index contributed by atoms with van der Waals surface area (Å²) in [5, 5.41) is 11.5. The van der Waals surface area contributed by atoms with Crippen LogP contribution in [0.15, 0.2) is 52.2 Å². The fourth-order valence-corrected chi connectivity index (χ4v) is 18.2. The number of rotatable bonds is 8. The van der Waals surface area contributed by atoms with Crippen molar-refractivity contribution in [3.63, 3.8) is 0 Å². The van der Waals surface area contributed by atoms with Crippen LogP contribution in [0.5, 0.6) is 0 Å². The SMILES string of the molecule is CC(C)[Si]1(O[Si](C(C)C)(C(C)C)C(C)C)OC[C@H]2O[C@@H](n3ccc(=O)n(C(=O)c4ccccc4)c3=O)[C@H](O)[C@@H]2O1. The van der Waals surface area contributed by atoms with Crippen LogP contribution in [0, 0.1) is 0 Å². The van der Waals surface area contributed by atoms with Gasteiger partial charge in [-0.3, -0.25) is 14.2 Å². The minimum atomic E-state index is -3.31. The van der Waals surface area contributed by atoms with E-state index in [9.17, 15) is 19.5 Å². The lowest BCUT2D eigenvalue weighted by Crippen LogP contribution is -2.66. The molecule has 0 bridgehead atoms. The first-order valence-electron chi connectivity index (χ1n) is 14.1. The molecule has 0 aliphatic carbocycles. The summed E-state index contributed by atoms with van der Waals surface area (Å²) < 4.78 is 28.0. The van der Waals surface area contributed by atoms with Crippen molar-refractivity contribution in [3.05, 3.63) is 69.0 Å². The number of fused-ring (bicyclic) bond motifs is 1. The molecule has 220 valence electrons. The summed E-state index contributed by atoms with van der Waals surface area (Å²) in [7, 11) is -5.72. The number of nitrogens with zero attached hydrogens (tertiary/aromatic N) is 2. The van der Waals surface area contributed by atoms with Crippen molar-refractivity contribution in [1.29, 1.82) is 0 Å². The molecule has 1 aromatic carbocycles. The highest BCUT2D eigenvalue weighted by molar-refractivity contribution is 6.85. The van der Waals surface area contributed by atoms with Crippen LogP contribution in [-0.4, -0.2) is 62.2 Å². The minimum Gasteiger partial charge on any atom is -0.414 e. The molecule has 4 rings (SSSR count). The highest BCUT2D eigenvalue weighted by Crippen LogP contribution is 2.48. The summed E-state index contributed by atoms with van der Waals surface area (Å²) in [4.78, 5) is 39.0. The maximum Gasteiger partial charge on any atom is 0.493 e. The molecular formula is C28H42N2O8Si2. The molecule has 2 saturated heterocycles. The third-order valence-electron chi connectivity index (χ3n) is 8.30. The zero-order valence-corrected chi connectivity index (χ0v) is 26.6. The molecule has 5 atom stereocenters. The topological polar surface area (TPSA) is 118 Å². The van der Waals surface area contributed by atoms with Crippen molar-refractivity contribution in [2.75, 3.05) is 6.61 Å². The van der Waals surface area contributed by atoms with Gasteiger partial charge in [0.05, 0.1) is 6.61 Å². The van der Waals surface area contributed by atoms with Crippen molar-refractivity contribution in [2.45, 2.75) is 102 Å². The molecule has 12 heteroatoms. The van der Waals surface area contributed by atoms with Crippen molar-refractivity contribution in [3.8, 4) is 0 Å². The van der Waals surface area contributed by atoms with Crippen LogP contribution < -0.4 is 11.2 Å². The van der Waals surface area contributed by atoms with Gasteiger partial charge in [-0.2, -0.15) is 4.57 Å². The first-order chi connectivity index (χ1) is 18.8. The molecule has 40 heavy (non-hydrogen) atoms. The molecule has 2 fully saturated rings. The van der Waals surface area contributed by atoms with Gasteiger partial charge in [0.1, 0.15) is 18.3 Å². The first-order valence-corrected chi connectivity index (χ1v) is 18.0. The smallest absolute Gasteiger partial charge is 0.414 e. The van der Waals surface area contributed by atoms with Gasteiger partial charge in [-0.25, -0.2) is 4.79 Å². The Bertz CT molecular complexity index is 1300. The maximum atomic E-state index is 13.4. The Kier molecular flexibility index (Phi) is 8.91. The lowest BCUT2D eigenvalue weighted by atomic mass is 10.1. The molecule has 0 radical (unpaired) electrons. The summed E-state index contributed by atoms with van der Waals surface area (Å²) in [6.45, 7) is 17.3. The van der Waals surface area contributed by atoms with Crippen LogP contribution in [-0.2, 0) is 17.7 Å². The molecule has 0 spiro atoms. The number of aliphatic hydroxyl groups is 1. The van der Waals surface area contributed by atoms with Crippen LogP contribution in [0.2, 0.25) is 22.2 Å². The number of benzene rings is 1. The fourth-order valence-electron chi connectivity index (χ4n) is 6.31. The van der Waals surface area contributed by atoms with Gasteiger partial charge >= 0.3 is 14.5 Å². The van der Waals surface area contributed by atoms with Gasteiger partial charge in [-0.1, -0.05) is 73.6 Å².